The van der Waals surface area contributed by atoms with E-state index in [1.54, 1.807) is 11.1 Å². The molecule has 0 bridgehead atoms. The van der Waals surface area contributed by atoms with Crippen LogP contribution in [0.3, 0.4) is 0 Å². The normalized spacial score (nSPS) is 25.1. The monoisotopic (exact) mass is 236 g/mol. The maximum atomic E-state index is 2.37. The smallest absolute Gasteiger partial charge is 0.0128 e. The minimum atomic E-state index is 0.542. The highest BCUT2D eigenvalue weighted by Gasteiger charge is 2.30. The molecule has 0 nitrogen and oxygen atoms in total. The Morgan fingerprint density at radius 1 is 1.00 bits per heavy atom. The first-order valence-electron chi connectivity index (χ1n) is 6.88. The summed E-state index contributed by atoms with van der Waals surface area (Å²) < 4.78 is 0. The van der Waals surface area contributed by atoms with Crippen LogP contribution >= 0.6 is 0 Å². The van der Waals surface area contributed by atoms with Crippen LogP contribution in [0.1, 0.15) is 42.9 Å². The zero-order chi connectivity index (χ0) is 12.7. The molecule has 0 saturated heterocycles. The number of hydrogen-bond acceptors (Lipinski definition) is 0. The fourth-order valence-electron chi connectivity index (χ4n) is 3.43. The van der Waals surface area contributed by atoms with Crippen molar-refractivity contribution in [1.29, 1.82) is 0 Å². The summed E-state index contributed by atoms with van der Waals surface area (Å²) in [5.74, 6) is 1.11. The third-order valence-corrected chi connectivity index (χ3v) is 4.36. The lowest BCUT2D eigenvalue weighted by atomic mass is 9.69. The van der Waals surface area contributed by atoms with Crippen molar-refractivity contribution in [2.24, 2.45) is 5.92 Å². The average Bonchev–Trinajstić information content (AvgIpc) is 2.40. The lowest BCUT2D eigenvalue weighted by Crippen LogP contribution is -2.19. The molecule has 0 N–H and O–H groups in total. The van der Waals surface area contributed by atoms with Gasteiger partial charge in [-0.3, -0.25) is 0 Å². The second kappa shape index (κ2) is 4.28. The van der Waals surface area contributed by atoms with Gasteiger partial charge in [0.25, 0.3) is 0 Å². The Morgan fingerprint density at radius 3 is 2.44 bits per heavy atom. The van der Waals surface area contributed by atoms with E-state index in [1.165, 1.54) is 16.7 Å². The molecular weight excluding hydrogens is 216 g/mol. The summed E-state index contributed by atoms with van der Waals surface area (Å²) in [5, 5.41) is 0. The molecule has 0 spiro atoms. The van der Waals surface area contributed by atoms with Crippen molar-refractivity contribution < 1.29 is 0 Å². The van der Waals surface area contributed by atoms with Crippen LogP contribution in [0.25, 0.3) is 5.57 Å². The van der Waals surface area contributed by atoms with Crippen molar-refractivity contribution in [3.8, 4) is 0 Å². The van der Waals surface area contributed by atoms with Gasteiger partial charge >= 0.3 is 0 Å². The molecule has 2 atom stereocenters. The van der Waals surface area contributed by atoms with Crippen LogP contribution in [0.4, 0.5) is 0 Å². The summed E-state index contributed by atoms with van der Waals surface area (Å²) in [6.07, 6.45) is 10.2. The van der Waals surface area contributed by atoms with Crippen molar-refractivity contribution in [3.63, 3.8) is 0 Å². The van der Waals surface area contributed by atoms with Crippen LogP contribution in [-0.4, -0.2) is 0 Å². The van der Waals surface area contributed by atoms with Gasteiger partial charge in [0.05, 0.1) is 0 Å². The molecule has 0 radical (unpaired) electrons. The van der Waals surface area contributed by atoms with Crippen LogP contribution in [0.5, 0.6) is 0 Å². The lowest BCUT2D eigenvalue weighted by Gasteiger charge is -2.34. The molecule has 2 aliphatic rings. The quantitative estimate of drug-likeness (QED) is 0.642. The maximum Gasteiger partial charge on any atom is 0.0128 e. The first kappa shape index (κ1) is 11.5. The van der Waals surface area contributed by atoms with Gasteiger partial charge in [0, 0.05) is 11.8 Å². The fraction of sp³-hybridized carbons (Fsp3) is 0.333. The van der Waals surface area contributed by atoms with Gasteiger partial charge in [0.15, 0.2) is 0 Å². The highest BCUT2D eigenvalue weighted by Crippen LogP contribution is 2.46. The first-order valence-corrected chi connectivity index (χ1v) is 6.88. The SMILES string of the molecule is CCC1=C(C)C2C=CC=CC2c2cc(C)ccc21. The summed E-state index contributed by atoms with van der Waals surface area (Å²) in [5.41, 5.74) is 7.46. The second-order valence-corrected chi connectivity index (χ2v) is 5.43. The van der Waals surface area contributed by atoms with Gasteiger partial charge in [-0.2, -0.15) is 0 Å². The van der Waals surface area contributed by atoms with Crippen LogP contribution in [0.2, 0.25) is 0 Å². The largest absolute Gasteiger partial charge is 0.0764 e. The molecule has 0 fully saturated rings. The number of benzene rings is 1. The summed E-state index contributed by atoms with van der Waals surface area (Å²) >= 11 is 0. The van der Waals surface area contributed by atoms with E-state index >= 15 is 0 Å². The van der Waals surface area contributed by atoms with Crippen LogP contribution in [0.15, 0.2) is 48.1 Å². The molecule has 1 aromatic rings. The van der Waals surface area contributed by atoms with Crippen LogP contribution in [0, 0.1) is 12.8 Å². The molecule has 0 heteroatoms. The molecule has 1 aromatic carbocycles. The Balaban J connectivity index is 2.25. The number of rotatable bonds is 1. The van der Waals surface area contributed by atoms with E-state index < -0.39 is 0 Å². The number of hydrogen-bond donors (Lipinski definition) is 0. The fourth-order valence-corrected chi connectivity index (χ4v) is 3.43. The lowest BCUT2D eigenvalue weighted by molar-refractivity contribution is 0.647. The average molecular weight is 236 g/mol. The van der Waals surface area contributed by atoms with Crippen LogP contribution in [-0.2, 0) is 0 Å². The van der Waals surface area contributed by atoms with E-state index in [4.69, 9.17) is 0 Å². The second-order valence-electron chi connectivity index (χ2n) is 5.43. The van der Waals surface area contributed by atoms with Gasteiger partial charge in [0.2, 0.25) is 0 Å². The van der Waals surface area contributed by atoms with Crippen molar-refractivity contribution in [2.75, 3.05) is 0 Å². The first-order chi connectivity index (χ1) is 8.72. The Kier molecular flexibility index (Phi) is 2.74. The molecule has 0 amide bonds. The van der Waals surface area contributed by atoms with Gasteiger partial charge in [-0.05, 0) is 37.0 Å². The van der Waals surface area contributed by atoms with E-state index in [0.717, 1.165) is 6.42 Å². The molecule has 3 rings (SSSR count). The van der Waals surface area contributed by atoms with E-state index in [2.05, 4.69) is 63.3 Å². The third-order valence-electron chi connectivity index (χ3n) is 4.36. The van der Waals surface area contributed by atoms with Crippen molar-refractivity contribution in [2.45, 2.75) is 33.1 Å². The Bertz CT molecular complexity index is 570. The Labute approximate surface area is 110 Å². The van der Waals surface area contributed by atoms with Gasteiger partial charge in [-0.25, -0.2) is 0 Å². The number of aryl methyl sites for hydroxylation is 1. The molecular formula is C18H20. The summed E-state index contributed by atoms with van der Waals surface area (Å²) in [6, 6.07) is 6.93. The van der Waals surface area contributed by atoms with Crippen LogP contribution < -0.4 is 0 Å². The molecule has 0 aliphatic heterocycles. The Hall–Kier alpha value is -1.56. The van der Waals surface area contributed by atoms with Gasteiger partial charge < -0.3 is 0 Å². The summed E-state index contributed by atoms with van der Waals surface area (Å²) in [7, 11) is 0. The van der Waals surface area contributed by atoms with Gasteiger partial charge in [-0.1, -0.05) is 60.6 Å². The maximum absolute atomic E-state index is 2.37. The standard InChI is InChI=1S/C18H20/c1-4-14-13(3)15-7-5-6-8-16(15)18-11-12(2)9-10-17(14)18/h5-11,15-16H,4H2,1-3H3. The Morgan fingerprint density at radius 2 is 1.72 bits per heavy atom. The predicted molar refractivity (Wildman–Crippen MR) is 78.6 cm³/mol. The van der Waals surface area contributed by atoms with Gasteiger partial charge in [0.1, 0.15) is 0 Å². The molecule has 0 saturated carbocycles. The molecule has 0 aromatic heterocycles. The molecule has 2 aliphatic carbocycles. The summed E-state index contributed by atoms with van der Waals surface area (Å²) in [4.78, 5) is 0. The molecule has 92 valence electrons. The van der Waals surface area contributed by atoms with Gasteiger partial charge in [-0.15, -0.1) is 0 Å². The van der Waals surface area contributed by atoms with Crippen molar-refractivity contribution in [3.05, 3.63) is 64.8 Å². The minimum Gasteiger partial charge on any atom is -0.0764 e. The topological polar surface area (TPSA) is 0 Å². The highest BCUT2D eigenvalue weighted by atomic mass is 14.3. The number of allylic oxidation sites excluding steroid dienone is 6. The molecule has 0 heterocycles. The highest BCUT2D eigenvalue weighted by molar-refractivity contribution is 5.75. The van der Waals surface area contributed by atoms with E-state index in [-0.39, 0.29) is 0 Å². The van der Waals surface area contributed by atoms with E-state index in [1.807, 2.05) is 0 Å². The summed E-state index contributed by atoms with van der Waals surface area (Å²) in [6.45, 7) is 6.77. The van der Waals surface area contributed by atoms with Crippen molar-refractivity contribution in [1.82, 2.24) is 0 Å². The van der Waals surface area contributed by atoms with E-state index in [9.17, 15) is 0 Å². The van der Waals surface area contributed by atoms with Crippen molar-refractivity contribution >= 4 is 5.57 Å². The number of fused-ring (bicyclic) bond motifs is 3. The van der Waals surface area contributed by atoms with E-state index in [0.29, 0.717) is 11.8 Å². The predicted octanol–water partition coefficient (Wildman–Crippen LogP) is 5.02. The molecule has 2 unspecified atom stereocenters. The molecule has 18 heavy (non-hydrogen) atoms. The zero-order valence-corrected chi connectivity index (χ0v) is 11.4. The minimum absolute atomic E-state index is 0.542. The third kappa shape index (κ3) is 1.59. The zero-order valence-electron chi connectivity index (χ0n) is 11.4.